The fourth-order valence-corrected chi connectivity index (χ4v) is 14.2. The molecule has 8 atom stereocenters. The predicted molar refractivity (Wildman–Crippen MR) is 204 cm³/mol. The standard InChI is InChI=1S/C29H37.C13H22.C5H5.2ClH.Zr/c1-21-14-13-15-22-20-27(6)25(4)18-10-9-16-23(25,2)24(3)17-11-12-19-26(24,5)29(27,8)28(21,22)7;1-2-7-12(6-1)10-5-11-13-8-3-4-9-13;1-2-4-5-3-1;;;/h9-20,22H,1-8H3;12-13H,1-4,6-11H2;1-3H,4H2;2*1H;/q-1;;-1;;;+2/p-2. The maximum atomic E-state index is 2.99. The van der Waals surface area contributed by atoms with Crippen molar-refractivity contribution in [3.63, 3.8) is 0 Å². The van der Waals surface area contributed by atoms with Gasteiger partial charge in [0, 0.05) is 10.8 Å². The second kappa shape index (κ2) is 15.5. The first-order chi connectivity index (χ1) is 22.7. The molecule has 0 aromatic rings. The van der Waals surface area contributed by atoms with Gasteiger partial charge in [-0.3, -0.25) is 6.08 Å². The van der Waals surface area contributed by atoms with Crippen LogP contribution < -0.4 is 24.8 Å². The van der Waals surface area contributed by atoms with Gasteiger partial charge >= 0.3 is 103 Å². The molecule has 0 heterocycles. The van der Waals surface area contributed by atoms with E-state index in [2.05, 4.69) is 141 Å². The first kappa shape index (κ1) is 42.0. The number of rotatable bonds is 4. The summed E-state index contributed by atoms with van der Waals surface area (Å²) in [5.74, 6) is 2.64. The number of allylic oxidation sites excluding steroid dienone is 16. The fraction of sp³-hybridized carbons (Fsp3) is 0.617. The molecule has 8 aliphatic carbocycles. The van der Waals surface area contributed by atoms with E-state index in [0.29, 0.717) is 5.92 Å². The third-order valence-corrected chi connectivity index (χ3v) is 17.6. The molecule has 0 radical (unpaired) electrons. The Kier molecular flexibility index (Phi) is 13.1. The van der Waals surface area contributed by atoms with E-state index in [4.69, 9.17) is 0 Å². The van der Waals surface area contributed by atoms with Crippen LogP contribution in [0, 0.1) is 68.2 Å². The SMILES string of the molecule is CC1=CC=CC2[CH-]C3(C)C4(C)C=CC=CC4(C)C4(C)C=CC=CC4(C)C3(C)C12C.[C-]1=CC=CC1.[Cl-].[Cl-].[Zr+2]=[C](CC1CCCC1)CC1CCCC1. The summed E-state index contributed by atoms with van der Waals surface area (Å²) in [6.45, 7) is 20.3. The summed E-state index contributed by atoms with van der Waals surface area (Å²) in [6.07, 6.45) is 54.4. The molecule has 0 nitrogen and oxygen atoms in total. The van der Waals surface area contributed by atoms with E-state index in [1.54, 1.807) is 24.2 Å². The number of fused-ring (bicyclic) bond motifs is 8. The molecule has 4 fully saturated rings. The molecule has 4 saturated carbocycles. The average Bonchev–Trinajstić information content (AvgIpc) is 3.89. The molecule has 0 bridgehead atoms. The summed E-state index contributed by atoms with van der Waals surface area (Å²) >= 11 is 1.74. The van der Waals surface area contributed by atoms with Crippen LogP contribution in [0.3, 0.4) is 0 Å². The summed E-state index contributed by atoms with van der Waals surface area (Å²) < 4.78 is 1.90. The van der Waals surface area contributed by atoms with E-state index in [1.807, 2.05) is 15.4 Å². The van der Waals surface area contributed by atoms with E-state index in [-0.39, 0.29) is 62.7 Å². The van der Waals surface area contributed by atoms with Crippen molar-refractivity contribution in [1.29, 1.82) is 0 Å². The van der Waals surface area contributed by atoms with Gasteiger partial charge in [0.1, 0.15) is 0 Å². The predicted octanol–water partition coefficient (Wildman–Crippen LogP) is 6.83. The van der Waals surface area contributed by atoms with Crippen LogP contribution >= 0.6 is 0 Å². The Morgan fingerprint density at radius 2 is 1.18 bits per heavy atom. The fourth-order valence-electron chi connectivity index (χ4n) is 12.8. The molecular formula is C47H64Cl2Zr-2. The van der Waals surface area contributed by atoms with Gasteiger partial charge in [0.05, 0.1) is 0 Å². The van der Waals surface area contributed by atoms with Crippen LogP contribution in [0.15, 0.2) is 90.6 Å². The summed E-state index contributed by atoms with van der Waals surface area (Å²) in [5.41, 5.74) is 1.73. The van der Waals surface area contributed by atoms with E-state index in [9.17, 15) is 0 Å². The van der Waals surface area contributed by atoms with Crippen LogP contribution in [0.2, 0.25) is 0 Å². The molecule has 0 aromatic heterocycles. The first-order valence-corrected chi connectivity index (χ1v) is 20.7. The molecule has 50 heavy (non-hydrogen) atoms. The molecule has 0 spiro atoms. The van der Waals surface area contributed by atoms with Gasteiger partial charge in [-0.25, -0.2) is 12.2 Å². The van der Waals surface area contributed by atoms with Gasteiger partial charge in [-0.05, 0) is 28.6 Å². The van der Waals surface area contributed by atoms with Gasteiger partial charge in [0.2, 0.25) is 0 Å². The molecule has 0 amide bonds. The van der Waals surface area contributed by atoms with E-state index >= 15 is 0 Å². The molecule has 0 aliphatic heterocycles. The summed E-state index contributed by atoms with van der Waals surface area (Å²) in [4.78, 5) is 0. The Hall–Kier alpha value is -0.747. The Labute approximate surface area is 334 Å². The Bertz CT molecular complexity index is 1460. The monoisotopic (exact) mass is 788 g/mol. The van der Waals surface area contributed by atoms with Gasteiger partial charge in [-0.1, -0.05) is 115 Å². The van der Waals surface area contributed by atoms with Crippen LogP contribution in [-0.2, 0) is 24.2 Å². The second-order valence-electron chi connectivity index (χ2n) is 18.0. The zero-order chi connectivity index (χ0) is 34.5. The van der Waals surface area contributed by atoms with E-state index in [0.717, 1.165) is 18.3 Å². The molecule has 8 unspecified atom stereocenters. The van der Waals surface area contributed by atoms with Crippen molar-refractivity contribution >= 4 is 3.21 Å². The van der Waals surface area contributed by atoms with Crippen molar-refractivity contribution in [2.75, 3.05) is 0 Å². The zero-order valence-electron chi connectivity index (χ0n) is 32.4. The van der Waals surface area contributed by atoms with Gasteiger partial charge < -0.3 is 31.2 Å². The van der Waals surface area contributed by atoms with Gasteiger partial charge in [-0.2, -0.15) is 6.08 Å². The van der Waals surface area contributed by atoms with Crippen LogP contribution in [-0.4, -0.2) is 3.21 Å². The van der Waals surface area contributed by atoms with Crippen molar-refractivity contribution < 1.29 is 49.0 Å². The maximum absolute atomic E-state index is 2.99. The van der Waals surface area contributed by atoms with E-state index in [1.165, 1.54) is 69.8 Å². The van der Waals surface area contributed by atoms with Crippen molar-refractivity contribution in [3.05, 3.63) is 103 Å². The van der Waals surface area contributed by atoms with Crippen LogP contribution in [0.4, 0.5) is 0 Å². The molecule has 0 saturated heterocycles. The number of halogens is 2. The Morgan fingerprint density at radius 3 is 1.64 bits per heavy atom. The van der Waals surface area contributed by atoms with Crippen LogP contribution in [0.5, 0.6) is 0 Å². The minimum absolute atomic E-state index is 0. The van der Waals surface area contributed by atoms with E-state index < -0.39 is 0 Å². The molecule has 0 N–H and O–H groups in total. The Morgan fingerprint density at radius 1 is 0.700 bits per heavy atom. The second-order valence-corrected chi connectivity index (χ2v) is 19.8. The van der Waals surface area contributed by atoms with Crippen molar-refractivity contribution in [2.24, 2.45) is 55.7 Å². The topological polar surface area (TPSA) is 0 Å². The summed E-state index contributed by atoms with van der Waals surface area (Å²) in [6, 6.07) is 0. The summed E-state index contributed by atoms with van der Waals surface area (Å²) in [7, 11) is 0. The van der Waals surface area contributed by atoms with Crippen LogP contribution in [0.25, 0.3) is 0 Å². The van der Waals surface area contributed by atoms with Gasteiger partial charge in [-0.15, -0.1) is 23.8 Å². The zero-order valence-corrected chi connectivity index (χ0v) is 36.4. The molecule has 8 rings (SSSR count). The Balaban J connectivity index is 0.000000223. The number of hydrogen-bond donors (Lipinski definition) is 0. The van der Waals surface area contributed by atoms with Gasteiger partial charge in [0.25, 0.3) is 0 Å². The van der Waals surface area contributed by atoms with Gasteiger partial charge in [0.15, 0.2) is 0 Å². The van der Waals surface area contributed by atoms with Crippen molar-refractivity contribution in [2.45, 2.75) is 126 Å². The van der Waals surface area contributed by atoms with Crippen molar-refractivity contribution in [1.82, 2.24) is 0 Å². The molecule has 272 valence electrons. The molecule has 8 aliphatic rings. The third-order valence-electron chi connectivity index (χ3n) is 16.6. The first-order valence-electron chi connectivity index (χ1n) is 19.5. The van der Waals surface area contributed by atoms with Crippen LogP contribution in [0.1, 0.15) is 126 Å². The van der Waals surface area contributed by atoms with Crippen molar-refractivity contribution in [3.8, 4) is 0 Å². The normalized spacial score (nSPS) is 42.9. The average molecular weight is 791 g/mol. The molecule has 3 heteroatoms. The third kappa shape index (κ3) is 5.96. The minimum atomic E-state index is 0. The summed E-state index contributed by atoms with van der Waals surface area (Å²) in [5, 5.41) is 0. The molecular weight excluding hydrogens is 727 g/mol. The quantitative estimate of drug-likeness (QED) is 0.275. The molecule has 0 aromatic carbocycles. The number of hydrogen-bond acceptors (Lipinski definition) is 0.